The van der Waals surface area contributed by atoms with Crippen molar-refractivity contribution in [1.82, 2.24) is 9.78 Å². The van der Waals surface area contributed by atoms with Crippen molar-refractivity contribution >= 4 is 29.3 Å². The molecule has 2 aliphatic rings. The highest BCUT2D eigenvalue weighted by Gasteiger charge is 2.33. The summed E-state index contributed by atoms with van der Waals surface area (Å²) in [5.41, 5.74) is 1.61. The Hall–Kier alpha value is -2.31. The van der Waals surface area contributed by atoms with Crippen LogP contribution in [-0.4, -0.2) is 33.3 Å². The third-order valence-corrected chi connectivity index (χ3v) is 3.69. The molecule has 110 valence electrons. The van der Waals surface area contributed by atoms with Gasteiger partial charge in [-0.25, -0.2) is 4.99 Å². The zero-order valence-corrected chi connectivity index (χ0v) is 12.1. The van der Waals surface area contributed by atoms with E-state index in [1.807, 2.05) is 6.92 Å². The van der Waals surface area contributed by atoms with Crippen LogP contribution in [-0.2, 0) is 9.59 Å². The molecule has 0 radical (unpaired) electrons. The minimum Gasteiger partial charge on any atom is -0.310 e. The first-order chi connectivity index (χ1) is 10.1. The lowest BCUT2D eigenvalue weighted by Gasteiger charge is -2.15. The largest absolute Gasteiger partial charge is 0.310 e. The summed E-state index contributed by atoms with van der Waals surface area (Å²) in [6.45, 7) is 3.59. The molecule has 0 saturated heterocycles. The fourth-order valence-electron chi connectivity index (χ4n) is 2.62. The summed E-state index contributed by atoms with van der Waals surface area (Å²) in [5.74, 6) is 0.303. The van der Waals surface area contributed by atoms with Crippen molar-refractivity contribution in [3.05, 3.63) is 11.8 Å². The van der Waals surface area contributed by atoms with Crippen molar-refractivity contribution in [2.75, 3.05) is 5.32 Å². The van der Waals surface area contributed by atoms with Gasteiger partial charge >= 0.3 is 0 Å². The van der Waals surface area contributed by atoms with E-state index in [0.29, 0.717) is 12.2 Å². The van der Waals surface area contributed by atoms with Crippen molar-refractivity contribution in [3.63, 3.8) is 0 Å². The maximum atomic E-state index is 12.1. The van der Waals surface area contributed by atoms with Crippen LogP contribution in [0, 0.1) is 12.8 Å². The molecular formula is C14H17N5O2. The lowest BCUT2D eigenvalue weighted by atomic mass is 10.1. The van der Waals surface area contributed by atoms with Gasteiger partial charge in [-0.2, -0.15) is 14.8 Å². The van der Waals surface area contributed by atoms with Crippen molar-refractivity contribution < 1.29 is 9.59 Å². The Labute approximate surface area is 122 Å². The van der Waals surface area contributed by atoms with Crippen LogP contribution < -0.4 is 5.32 Å². The Kier molecular flexibility index (Phi) is 3.40. The third kappa shape index (κ3) is 2.51. The second-order valence-corrected chi connectivity index (χ2v) is 5.28. The molecule has 0 bridgehead atoms. The summed E-state index contributed by atoms with van der Waals surface area (Å²) >= 11 is 0. The van der Waals surface area contributed by atoms with Gasteiger partial charge in [-0.05, 0) is 26.2 Å². The number of aryl methyl sites for hydroxylation is 1. The van der Waals surface area contributed by atoms with E-state index in [0.717, 1.165) is 30.7 Å². The lowest BCUT2D eigenvalue weighted by Crippen LogP contribution is -2.28. The van der Waals surface area contributed by atoms with Gasteiger partial charge in [0.2, 0.25) is 5.91 Å². The number of aliphatic imine (C=N–C) groups is 2. The van der Waals surface area contributed by atoms with E-state index in [1.165, 1.54) is 4.68 Å². The quantitative estimate of drug-likeness (QED) is 0.894. The molecule has 7 heteroatoms. The summed E-state index contributed by atoms with van der Waals surface area (Å²) < 4.78 is 1.43. The number of carbonyl (C=O) groups is 2. The maximum absolute atomic E-state index is 12.1. The van der Waals surface area contributed by atoms with E-state index in [1.54, 1.807) is 13.0 Å². The van der Waals surface area contributed by atoms with Gasteiger partial charge in [-0.1, -0.05) is 6.92 Å². The van der Waals surface area contributed by atoms with E-state index in [-0.39, 0.29) is 23.7 Å². The van der Waals surface area contributed by atoms with E-state index < -0.39 is 0 Å². The molecule has 1 atom stereocenters. The fraction of sp³-hybridized carbons (Fsp3) is 0.500. The van der Waals surface area contributed by atoms with Gasteiger partial charge in [-0.3, -0.25) is 9.59 Å². The van der Waals surface area contributed by atoms with E-state index in [2.05, 4.69) is 20.4 Å². The number of hydrogen-bond acceptors (Lipinski definition) is 4. The van der Waals surface area contributed by atoms with Crippen molar-refractivity contribution in [2.24, 2.45) is 15.9 Å². The van der Waals surface area contributed by atoms with Crippen molar-refractivity contribution in [2.45, 2.75) is 39.5 Å². The van der Waals surface area contributed by atoms with E-state index in [9.17, 15) is 9.59 Å². The minimum absolute atomic E-state index is 0.120. The molecule has 0 aromatic carbocycles. The summed E-state index contributed by atoms with van der Waals surface area (Å²) in [6, 6.07) is 1.74. The van der Waals surface area contributed by atoms with Gasteiger partial charge in [0, 0.05) is 18.2 Å². The van der Waals surface area contributed by atoms with Gasteiger partial charge in [0.1, 0.15) is 5.82 Å². The molecule has 7 nitrogen and oxygen atoms in total. The minimum atomic E-state index is -0.159. The average Bonchev–Trinajstić information content (AvgIpc) is 3.05. The van der Waals surface area contributed by atoms with Crippen LogP contribution in [0.15, 0.2) is 16.1 Å². The van der Waals surface area contributed by atoms with Gasteiger partial charge < -0.3 is 5.32 Å². The third-order valence-electron chi connectivity index (χ3n) is 3.69. The molecule has 2 amide bonds. The Bertz CT molecular complexity index is 671. The molecule has 1 saturated carbocycles. The molecule has 1 aromatic rings. The van der Waals surface area contributed by atoms with Crippen LogP contribution in [0.5, 0.6) is 0 Å². The normalized spacial score (nSPS) is 20.9. The molecular weight excluding hydrogens is 270 g/mol. The number of rotatable bonds is 2. The molecule has 1 aliphatic carbocycles. The van der Waals surface area contributed by atoms with Gasteiger partial charge in [0.25, 0.3) is 11.9 Å². The summed E-state index contributed by atoms with van der Waals surface area (Å²) in [5, 5.41) is 7.04. The molecule has 1 aromatic heterocycles. The summed E-state index contributed by atoms with van der Waals surface area (Å²) in [4.78, 5) is 32.1. The van der Waals surface area contributed by atoms with Crippen molar-refractivity contribution in [3.8, 4) is 0 Å². The van der Waals surface area contributed by atoms with Crippen molar-refractivity contribution in [1.29, 1.82) is 0 Å². The zero-order chi connectivity index (χ0) is 15.0. The molecule has 1 N–H and O–H groups in total. The van der Waals surface area contributed by atoms with E-state index >= 15 is 0 Å². The van der Waals surface area contributed by atoms with Crippen LogP contribution in [0.1, 0.15) is 38.3 Å². The SMILES string of the molecule is CCC(=O)Nc1cc(C)nn1C1=NC(=O)C2CCCC2=N1. The first-order valence-electron chi connectivity index (χ1n) is 7.15. The summed E-state index contributed by atoms with van der Waals surface area (Å²) in [7, 11) is 0. The molecule has 3 rings (SSSR count). The number of carbonyl (C=O) groups excluding carboxylic acids is 2. The number of hydrogen-bond donors (Lipinski definition) is 1. The first kappa shape index (κ1) is 13.7. The molecule has 0 spiro atoms. The summed E-state index contributed by atoms with van der Waals surface area (Å²) in [6.07, 6.45) is 2.99. The number of fused-ring (bicyclic) bond motifs is 1. The predicted molar refractivity (Wildman–Crippen MR) is 78.5 cm³/mol. The topological polar surface area (TPSA) is 88.7 Å². The van der Waals surface area contributed by atoms with Crippen LogP contribution >= 0.6 is 0 Å². The molecule has 2 heterocycles. The van der Waals surface area contributed by atoms with E-state index in [4.69, 9.17) is 0 Å². The average molecular weight is 287 g/mol. The number of amides is 2. The highest BCUT2D eigenvalue weighted by Crippen LogP contribution is 2.27. The Morgan fingerprint density at radius 2 is 2.29 bits per heavy atom. The zero-order valence-electron chi connectivity index (χ0n) is 12.1. The highest BCUT2D eigenvalue weighted by molar-refractivity contribution is 6.17. The van der Waals surface area contributed by atoms with Gasteiger partial charge in [0.05, 0.1) is 11.6 Å². The monoisotopic (exact) mass is 287 g/mol. The number of nitrogens with one attached hydrogen (secondary N) is 1. The Balaban J connectivity index is 1.97. The Morgan fingerprint density at radius 3 is 3.05 bits per heavy atom. The van der Waals surface area contributed by atoms with Gasteiger partial charge in [0.15, 0.2) is 0 Å². The maximum Gasteiger partial charge on any atom is 0.257 e. The number of nitrogens with zero attached hydrogens (tertiary/aromatic N) is 4. The van der Waals surface area contributed by atoms with Crippen LogP contribution in [0.4, 0.5) is 5.82 Å². The molecule has 21 heavy (non-hydrogen) atoms. The molecule has 1 aliphatic heterocycles. The van der Waals surface area contributed by atoms with Gasteiger partial charge in [-0.15, -0.1) is 0 Å². The fourth-order valence-corrected chi connectivity index (χ4v) is 2.62. The van der Waals surface area contributed by atoms with Crippen LogP contribution in [0.25, 0.3) is 0 Å². The second-order valence-electron chi connectivity index (χ2n) is 5.28. The smallest absolute Gasteiger partial charge is 0.257 e. The Morgan fingerprint density at radius 1 is 1.48 bits per heavy atom. The lowest BCUT2D eigenvalue weighted by molar-refractivity contribution is -0.119. The second kappa shape index (κ2) is 5.23. The predicted octanol–water partition coefficient (Wildman–Crippen LogP) is 1.53. The first-order valence-corrected chi connectivity index (χ1v) is 7.15. The highest BCUT2D eigenvalue weighted by atomic mass is 16.2. The van der Waals surface area contributed by atoms with Crippen LogP contribution in [0.2, 0.25) is 0 Å². The number of aromatic nitrogens is 2. The molecule has 1 unspecified atom stereocenters. The standard InChI is InChI=1S/C14H17N5O2/c1-3-12(20)16-11-7-8(2)18-19(11)14-15-10-6-4-5-9(10)13(21)17-14/h7,9H,3-6H2,1-2H3,(H,16,20). The number of anilines is 1. The molecule has 1 fully saturated rings. The van der Waals surface area contributed by atoms with Crippen LogP contribution in [0.3, 0.4) is 0 Å².